The third kappa shape index (κ3) is 2.73. The Kier molecular flexibility index (Phi) is 3.79. The Hall–Kier alpha value is -1.08. The topological polar surface area (TPSA) is 12.0 Å². The van der Waals surface area contributed by atoms with Gasteiger partial charge in [0.15, 0.2) is 0 Å². The zero-order valence-corrected chi connectivity index (χ0v) is 10.2. The molecule has 1 aliphatic carbocycles. The number of allylic oxidation sites excluding steroid dienone is 1. The summed E-state index contributed by atoms with van der Waals surface area (Å²) in [6.07, 6.45) is 4.89. The molecule has 1 heteroatoms. The van der Waals surface area contributed by atoms with Crippen LogP contribution in [0.3, 0.4) is 0 Å². The molecule has 0 bridgehead atoms. The third-order valence-electron chi connectivity index (χ3n) is 3.46. The van der Waals surface area contributed by atoms with E-state index in [2.05, 4.69) is 48.6 Å². The molecule has 0 heterocycles. The Bertz CT molecular complexity index is 353. The van der Waals surface area contributed by atoms with Crippen molar-refractivity contribution in [3.05, 3.63) is 47.5 Å². The van der Waals surface area contributed by atoms with Gasteiger partial charge >= 0.3 is 0 Å². The van der Waals surface area contributed by atoms with E-state index in [4.69, 9.17) is 0 Å². The van der Waals surface area contributed by atoms with Crippen LogP contribution in [0.15, 0.2) is 42.0 Å². The van der Waals surface area contributed by atoms with Gasteiger partial charge in [-0.25, -0.2) is 0 Å². The predicted octanol–water partition coefficient (Wildman–Crippen LogP) is 3.35. The summed E-state index contributed by atoms with van der Waals surface area (Å²) in [5, 5.41) is 3.18. The number of nitrogens with one attached hydrogen (secondary N) is 1. The summed E-state index contributed by atoms with van der Waals surface area (Å²) in [4.78, 5) is 0. The van der Waals surface area contributed by atoms with Crippen molar-refractivity contribution in [1.82, 2.24) is 5.32 Å². The zero-order valence-electron chi connectivity index (χ0n) is 10.2. The lowest BCUT2D eigenvalue weighted by Gasteiger charge is -2.01. The van der Waals surface area contributed by atoms with E-state index in [1.807, 2.05) is 7.05 Å². The molecule has 0 spiro atoms. The number of rotatable bonds is 5. The molecule has 1 nitrogen and oxygen atoms in total. The lowest BCUT2D eigenvalue weighted by Crippen LogP contribution is -2.06. The van der Waals surface area contributed by atoms with E-state index in [1.165, 1.54) is 12.0 Å². The molecule has 0 aliphatic heterocycles. The Morgan fingerprint density at radius 3 is 2.81 bits per heavy atom. The van der Waals surface area contributed by atoms with Crippen molar-refractivity contribution in [3.8, 4) is 0 Å². The van der Waals surface area contributed by atoms with E-state index >= 15 is 0 Å². The SMILES string of the molecule is CNCC/C=C(/C)C1CC1c1ccccc1. The monoisotopic (exact) mass is 215 g/mol. The van der Waals surface area contributed by atoms with Crippen molar-refractivity contribution in [3.63, 3.8) is 0 Å². The number of benzene rings is 1. The second-order valence-electron chi connectivity index (χ2n) is 4.70. The zero-order chi connectivity index (χ0) is 11.4. The van der Waals surface area contributed by atoms with Gasteiger partial charge in [0.05, 0.1) is 0 Å². The minimum atomic E-state index is 0.784. The second-order valence-corrected chi connectivity index (χ2v) is 4.70. The van der Waals surface area contributed by atoms with Crippen LogP contribution >= 0.6 is 0 Å². The molecule has 0 saturated heterocycles. The Morgan fingerprint density at radius 1 is 1.38 bits per heavy atom. The van der Waals surface area contributed by atoms with Crippen molar-refractivity contribution in [2.24, 2.45) is 5.92 Å². The van der Waals surface area contributed by atoms with Gasteiger partial charge in [-0.2, -0.15) is 0 Å². The van der Waals surface area contributed by atoms with Gasteiger partial charge in [0, 0.05) is 0 Å². The van der Waals surface area contributed by atoms with Crippen LogP contribution in [-0.4, -0.2) is 13.6 Å². The van der Waals surface area contributed by atoms with Crippen LogP contribution in [0, 0.1) is 5.92 Å². The average molecular weight is 215 g/mol. The molecule has 0 amide bonds. The highest BCUT2D eigenvalue weighted by Crippen LogP contribution is 2.51. The molecule has 1 saturated carbocycles. The Balaban J connectivity index is 1.89. The molecule has 1 fully saturated rings. The largest absolute Gasteiger partial charge is 0.319 e. The summed E-state index contributed by atoms with van der Waals surface area (Å²) in [7, 11) is 2.01. The predicted molar refractivity (Wildman–Crippen MR) is 69.6 cm³/mol. The molecule has 16 heavy (non-hydrogen) atoms. The fourth-order valence-electron chi connectivity index (χ4n) is 2.36. The van der Waals surface area contributed by atoms with Crippen molar-refractivity contribution in [2.75, 3.05) is 13.6 Å². The summed E-state index contributed by atoms with van der Waals surface area (Å²) in [6.45, 7) is 3.36. The molecule has 1 aliphatic rings. The maximum atomic E-state index is 3.18. The van der Waals surface area contributed by atoms with E-state index in [0.29, 0.717) is 0 Å². The maximum Gasteiger partial charge on any atom is -0.00172 e. The molecule has 1 aromatic carbocycles. The first kappa shape index (κ1) is 11.4. The van der Waals surface area contributed by atoms with Crippen LogP contribution in [0.5, 0.6) is 0 Å². The first-order chi connectivity index (χ1) is 7.83. The van der Waals surface area contributed by atoms with Gasteiger partial charge in [-0.3, -0.25) is 0 Å². The first-order valence-electron chi connectivity index (χ1n) is 6.19. The van der Waals surface area contributed by atoms with Gasteiger partial charge < -0.3 is 5.32 Å². The highest BCUT2D eigenvalue weighted by atomic mass is 14.8. The average Bonchev–Trinajstić information content (AvgIpc) is 3.10. The third-order valence-corrected chi connectivity index (χ3v) is 3.46. The van der Waals surface area contributed by atoms with Crippen molar-refractivity contribution in [1.29, 1.82) is 0 Å². The van der Waals surface area contributed by atoms with E-state index in [0.717, 1.165) is 24.8 Å². The van der Waals surface area contributed by atoms with Gasteiger partial charge in [0.25, 0.3) is 0 Å². The van der Waals surface area contributed by atoms with E-state index in [9.17, 15) is 0 Å². The standard InChI is InChI=1S/C15H21N/c1-12(7-6-10-16-2)14-11-15(14)13-8-4-3-5-9-13/h3-5,7-9,14-16H,6,10-11H2,1-2H3/b12-7-. The van der Waals surface area contributed by atoms with Crippen LogP contribution in [0.1, 0.15) is 31.2 Å². The number of hydrogen-bond donors (Lipinski definition) is 1. The van der Waals surface area contributed by atoms with E-state index in [1.54, 1.807) is 5.57 Å². The van der Waals surface area contributed by atoms with Crippen LogP contribution in [-0.2, 0) is 0 Å². The van der Waals surface area contributed by atoms with Crippen molar-refractivity contribution in [2.45, 2.75) is 25.7 Å². The summed E-state index contributed by atoms with van der Waals surface area (Å²) in [5.41, 5.74) is 3.08. The molecular formula is C15H21N. The van der Waals surface area contributed by atoms with E-state index < -0.39 is 0 Å². The summed E-state index contributed by atoms with van der Waals surface area (Å²) in [6, 6.07) is 10.9. The fraction of sp³-hybridized carbons (Fsp3) is 0.467. The molecule has 86 valence electrons. The molecule has 1 N–H and O–H groups in total. The smallest absolute Gasteiger partial charge is 0.00172 e. The number of hydrogen-bond acceptors (Lipinski definition) is 1. The highest BCUT2D eigenvalue weighted by Gasteiger charge is 2.38. The molecule has 2 atom stereocenters. The quantitative estimate of drug-likeness (QED) is 0.586. The van der Waals surface area contributed by atoms with Gasteiger partial charge in [-0.05, 0) is 50.8 Å². The van der Waals surface area contributed by atoms with Crippen molar-refractivity contribution >= 4 is 0 Å². The Labute approximate surface area is 98.6 Å². The lowest BCUT2D eigenvalue weighted by atomic mass is 10.1. The summed E-state index contributed by atoms with van der Waals surface area (Å²) < 4.78 is 0. The van der Waals surface area contributed by atoms with Gasteiger partial charge in [-0.15, -0.1) is 0 Å². The van der Waals surface area contributed by atoms with Crippen LogP contribution in [0.25, 0.3) is 0 Å². The minimum absolute atomic E-state index is 0.784. The lowest BCUT2D eigenvalue weighted by molar-refractivity contribution is 0.797. The van der Waals surface area contributed by atoms with Crippen LogP contribution in [0.2, 0.25) is 0 Å². The first-order valence-corrected chi connectivity index (χ1v) is 6.19. The van der Waals surface area contributed by atoms with E-state index in [-0.39, 0.29) is 0 Å². The Morgan fingerprint density at radius 2 is 2.12 bits per heavy atom. The van der Waals surface area contributed by atoms with Crippen LogP contribution < -0.4 is 5.32 Å². The maximum absolute atomic E-state index is 3.18. The molecular weight excluding hydrogens is 194 g/mol. The fourth-order valence-corrected chi connectivity index (χ4v) is 2.36. The van der Waals surface area contributed by atoms with Gasteiger partial charge in [0.1, 0.15) is 0 Å². The van der Waals surface area contributed by atoms with Crippen molar-refractivity contribution < 1.29 is 0 Å². The molecule has 0 radical (unpaired) electrons. The van der Waals surface area contributed by atoms with Gasteiger partial charge in [0.2, 0.25) is 0 Å². The summed E-state index contributed by atoms with van der Waals surface area (Å²) in [5.74, 6) is 1.59. The highest BCUT2D eigenvalue weighted by molar-refractivity contribution is 5.31. The molecule has 1 aromatic rings. The minimum Gasteiger partial charge on any atom is -0.319 e. The van der Waals surface area contributed by atoms with Gasteiger partial charge in [-0.1, -0.05) is 42.0 Å². The molecule has 0 aromatic heterocycles. The second kappa shape index (κ2) is 5.31. The molecule has 2 unspecified atom stereocenters. The molecule has 2 rings (SSSR count). The summed E-state index contributed by atoms with van der Waals surface area (Å²) >= 11 is 0. The normalized spacial score (nSPS) is 24.5. The van der Waals surface area contributed by atoms with Crippen LogP contribution in [0.4, 0.5) is 0 Å².